The molecule has 2 atom stereocenters. The summed E-state index contributed by atoms with van der Waals surface area (Å²) in [6, 6.07) is 6.90. The fourth-order valence-electron chi connectivity index (χ4n) is 4.20. The number of fused-ring (bicyclic) bond motifs is 2. The highest BCUT2D eigenvalue weighted by molar-refractivity contribution is 7.14. The fraction of sp³-hybridized carbons (Fsp3) is 0.421. The van der Waals surface area contributed by atoms with Gasteiger partial charge in [-0.3, -0.25) is 14.8 Å². The smallest absolute Gasteiger partial charge is 0.275 e. The van der Waals surface area contributed by atoms with E-state index in [1.165, 1.54) is 4.88 Å². The summed E-state index contributed by atoms with van der Waals surface area (Å²) < 4.78 is 0. The molecule has 7 heteroatoms. The molecule has 5 rings (SSSR count). The highest BCUT2D eigenvalue weighted by Gasteiger charge is 2.46. The predicted octanol–water partition coefficient (Wildman–Crippen LogP) is 2.91. The van der Waals surface area contributed by atoms with Crippen LogP contribution in [0.2, 0.25) is 0 Å². The Labute approximate surface area is 155 Å². The van der Waals surface area contributed by atoms with Crippen molar-refractivity contribution in [2.75, 3.05) is 20.1 Å². The Kier molecular flexibility index (Phi) is 3.62. The third-order valence-electron chi connectivity index (χ3n) is 5.70. The number of nitrogens with zero attached hydrogens (tertiary/aromatic N) is 4. The van der Waals surface area contributed by atoms with Gasteiger partial charge in [0, 0.05) is 40.7 Å². The molecule has 2 saturated heterocycles. The van der Waals surface area contributed by atoms with Crippen LogP contribution in [0.15, 0.2) is 24.4 Å². The maximum atomic E-state index is 13.0. The number of rotatable bonds is 2. The van der Waals surface area contributed by atoms with Gasteiger partial charge in [-0.05, 0) is 45.5 Å². The third-order valence-corrected chi connectivity index (χ3v) is 6.66. The molecule has 134 valence electrons. The minimum Gasteiger partial charge on any atom is -0.331 e. The molecule has 0 bridgehead atoms. The first kappa shape index (κ1) is 16.0. The van der Waals surface area contributed by atoms with Crippen molar-refractivity contribution >= 4 is 28.1 Å². The normalized spacial score (nSPS) is 23.1. The average Bonchev–Trinajstić information content (AvgIpc) is 3.22. The number of hydrogen-bond donors (Lipinski definition) is 1. The Bertz CT molecular complexity index is 993. The first-order valence-electron chi connectivity index (χ1n) is 9.04. The SMILES string of the molecule is Cc1cnc(-c2ccc3c(C(=O)N4C[C@@H]5C4CCCN5C)n[nH]c3c2)s1. The molecule has 2 aliphatic rings. The monoisotopic (exact) mass is 367 g/mol. The second kappa shape index (κ2) is 5.89. The van der Waals surface area contributed by atoms with Crippen molar-refractivity contribution in [1.29, 1.82) is 0 Å². The van der Waals surface area contributed by atoms with E-state index >= 15 is 0 Å². The number of aryl methyl sites for hydroxylation is 1. The molecule has 0 spiro atoms. The van der Waals surface area contributed by atoms with Crippen molar-refractivity contribution in [2.24, 2.45) is 0 Å². The number of aromatic nitrogens is 3. The molecule has 1 amide bonds. The van der Waals surface area contributed by atoms with Crippen LogP contribution in [0.5, 0.6) is 0 Å². The van der Waals surface area contributed by atoms with Crippen molar-refractivity contribution in [3.8, 4) is 10.6 Å². The first-order valence-corrected chi connectivity index (χ1v) is 9.85. The zero-order valence-electron chi connectivity index (χ0n) is 14.9. The van der Waals surface area contributed by atoms with Crippen molar-refractivity contribution in [2.45, 2.75) is 31.8 Å². The quantitative estimate of drug-likeness (QED) is 0.756. The zero-order valence-corrected chi connectivity index (χ0v) is 15.7. The molecule has 4 heterocycles. The maximum absolute atomic E-state index is 13.0. The summed E-state index contributed by atoms with van der Waals surface area (Å²) in [5.74, 6) is 0.0469. The number of benzene rings is 1. The second-order valence-corrected chi connectivity index (χ2v) is 8.56. The number of carbonyl (C=O) groups excluding carboxylic acids is 1. The number of hydrogen-bond acceptors (Lipinski definition) is 5. The fourth-order valence-corrected chi connectivity index (χ4v) is 4.96. The van der Waals surface area contributed by atoms with Gasteiger partial charge in [-0.2, -0.15) is 5.10 Å². The van der Waals surface area contributed by atoms with Crippen LogP contribution in [0.25, 0.3) is 21.5 Å². The van der Waals surface area contributed by atoms with Gasteiger partial charge in [0.25, 0.3) is 5.91 Å². The van der Waals surface area contributed by atoms with Gasteiger partial charge in [-0.1, -0.05) is 6.07 Å². The lowest BCUT2D eigenvalue weighted by atomic mass is 9.86. The van der Waals surface area contributed by atoms with Gasteiger partial charge in [-0.15, -0.1) is 11.3 Å². The molecule has 2 aromatic heterocycles. The van der Waals surface area contributed by atoms with Crippen LogP contribution in [0, 0.1) is 6.92 Å². The number of likely N-dealkylation sites (N-methyl/N-ethyl adjacent to an activating group) is 1. The van der Waals surface area contributed by atoms with Crippen molar-refractivity contribution in [1.82, 2.24) is 25.0 Å². The zero-order chi connectivity index (χ0) is 17.8. The molecule has 1 unspecified atom stereocenters. The van der Waals surface area contributed by atoms with E-state index in [0.29, 0.717) is 17.8 Å². The molecule has 2 fully saturated rings. The molecular formula is C19H21N5OS. The maximum Gasteiger partial charge on any atom is 0.275 e. The lowest BCUT2D eigenvalue weighted by Crippen LogP contribution is -2.69. The van der Waals surface area contributed by atoms with Crippen LogP contribution in [-0.2, 0) is 0 Å². The van der Waals surface area contributed by atoms with Crippen molar-refractivity contribution < 1.29 is 4.79 Å². The van der Waals surface area contributed by atoms with E-state index in [1.54, 1.807) is 11.3 Å². The summed E-state index contributed by atoms with van der Waals surface area (Å²) >= 11 is 1.67. The van der Waals surface area contributed by atoms with Crippen LogP contribution in [0.3, 0.4) is 0 Å². The predicted molar refractivity (Wildman–Crippen MR) is 102 cm³/mol. The minimum absolute atomic E-state index is 0.0469. The molecule has 2 aliphatic heterocycles. The van der Waals surface area contributed by atoms with E-state index < -0.39 is 0 Å². The van der Waals surface area contributed by atoms with E-state index in [0.717, 1.165) is 47.4 Å². The van der Waals surface area contributed by atoms with Crippen LogP contribution >= 0.6 is 11.3 Å². The van der Waals surface area contributed by atoms with Gasteiger partial charge in [0.15, 0.2) is 5.69 Å². The Morgan fingerprint density at radius 3 is 3.04 bits per heavy atom. The lowest BCUT2D eigenvalue weighted by Gasteiger charge is -2.54. The van der Waals surface area contributed by atoms with Gasteiger partial charge in [0.05, 0.1) is 5.52 Å². The number of thiazole rings is 1. The lowest BCUT2D eigenvalue weighted by molar-refractivity contribution is -0.0313. The summed E-state index contributed by atoms with van der Waals surface area (Å²) in [6.45, 7) is 3.99. The van der Waals surface area contributed by atoms with Gasteiger partial charge in [0.2, 0.25) is 0 Å². The Hall–Kier alpha value is -2.25. The van der Waals surface area contributed by atoms with Crippen LogP contribution in [-0.4, -0.2) is 63.1 Å². The standard InChI is InChI=1S/C19H21N5OS/c1-11-9-20-18(26-11)12-5-6-13-14(8-12)21-22-17(13)19(25)24-10-16-15(24)4-3-7-23(16)2/h5-6,8-9,15-16H,3-4,7,10H2,1-2H3,(H,21,22)/t15?,16-/m1/s1. The van der Waals surface area contributed by atoms with Gasteiger partial charge < -0.3 is 4.90 Å². The van der Waals surface area contributed by atoms with Crippen LogP contribution < -0.4 is 0 Å². The van der Waals surface area contributed by atoms with Crippen LogP contribution in [0.1, 0.15) is 28.2 Å². The van der Waals surface area contributed by atoms with Crippen molar-refractivity contribution in [3.05, 3.63) is 35.0 Å². The summed E-state index contributed by atoms with van der Waals surface area (Å²) in [7, 11) is 2.16. The van der Waals surface area contributed by atoms with Gasteiger partial charge in [0.1, 0.15) is 5.01 Å². The van der Waals surface area contributed by atoms with E-state index in [2.05, 4.69) is 34.1 Å². The highest BCUT2D eigenvalue weighted by atomic mass is 32.1. The summed E-state index contributed by atoms with van der Waals surface area (Å²) in [4.78, 5) is 23.0. The average molecular weight is 367 g/mol. The third kappa shape index (κ3) is 2.38. The van der Waals surface area contributed by atoms with E-state index in [1.807, 2.05) is 29.3 Å². The Morgan fingerprint density at radius 2 is 2.23 bits per heavy atom. The molecule has 0 aliphatic carbocycles. The number of H-pyrrole nitrogens is 1. The largest absolute Gasteiger partial charge is 0.331 e. The molecule has 3 aromatic rings. The molecule has 0 saturated carbocycles. The number of amides is 1. The van der Waals surface area contributed by atoms with E-state index in [9.17, 15) is 4.79 Å². The molecule has 1 aromatic carbocycles. The second-order valence-electron chi connectivity index (χ2n) is 7.32. The molecule has 6 nitrogen and oxygen atoms in total. The number of carbonyl (C=O) groups is 1. The number of piperidine rings is 1. The summed E-state index contributed by atoms with van der Waals surface area (Å²) in [5.41, 5.74) is 2.47. The number of likely N-dealkylation sites (tertiary alicyclic amines) is 2. The Balaban J connectivity index is 1.44. The number of nitrogens with one attached hydrogen (secondary N) is 1. The molecule has 26 heavy (non-hydrogen) atoms. The molecule has 0 radical (unpaired) electrons. The highest BCUT2D eigenvalue weighted by Crippen LogP contribution is 2.33. The van der Waals surface area contributed by atoms with Crippen LogP contribution in [0.4, 0.5) is 0 Å². The number of aromatic amines is 1. The van der Waals surface area contributed by atoms with E-state index in [-0.39, 0.29) is 5.91 Å². The summed E-state index contributed by atoms with van der Waals surface area (Å²) in [5, 5.41) is 9.26. The van der Waals surface area contributed by atoms with Gasteiger partial charge >= 0.3 is 0 Å². The Morgan fingerprint density at radius 1 is 1.35 bits per heavy atom. The molecule has 1 N–H and O–H groups in total. The first-order chi connectivity index (χ1) is 12.6. The minimum atomic E-state index is 0.0469. The van der Waals surface area contributed by atoms with E-state index in [4.69, 9.17) is 0 Å². The van der Waals surface area contributed by atoms with Crippen molar-refractivity contribution in [3.63, 3.8) is 0 Å². The summed E-state index contributed by atoms with van der Waals surface area (Å²) in [6.07, 6.45) is 4.13. The van der Waals surface area contributed by atoms with Gasteiger partial charge in [-0.25, -0.2) is 4.98 Å². The molecular weight excluding hydrogens is 346 g/mol. The topological polar surface area (TPSA) is 65.1 Å².